The highest BCUT2D eigenvalue weighted by molar-refractivity contribution is 5.19. The van der Waals surface area contributed by atoms with Crippen LogP contribution >= 0.6 is 0 Å². The highest BCUT2D eigenvalue weighted by Crippen LogP contribution is 2.16. The molecule has 2 nitrogen and oxygen atoms in total. The summed E-state index contributed by atoms with van der Waals surface area (Å²) in [6, 6.07) is 10.1. The quantitative estimate of drug-likeness (QED) is 0.702. The smallest absolute Gasteiger partial charge is 0.0437 e. The lowest BCUT2D eigenvalue weighted by Crippen LogP contribution is -2.13. The van der Waals surface area contributed by atoms with Gasteiger partial charge < -0.3 is 10.8 Å². The van der Waals surface area contributed by atoms with Crippen molar-refractivity contribution in [3.8, 4) is 0 Å². The molecule has 0 spiro atoms. The zero-order valence-corrected chi connectivity index (χ0v) is 7.11. The van der Waals surface area contributed by atoms with Gasteiger partial charge in [0.05, 0.1) is 0 Å². The second-order valence-electron chi connectivity index (χ2n) is 2.86. The van der Waals surface area contributed by atoms with Crippen molar-refractivity contribution < 1.29 is 5.11 Å². The van der Waals surface area contributed by atoms with Crippen LogP contribution < -0.4 is 5.73 Å². The predicted octanol–water partition coefficient (Wildman–Crippen LogP) is 1.11. The molecular weight excluding hydrogens is 150 g/mol. The van der Waals surface area contributed by atoms with Gasteiger partial charge in [0.2, 0.25) is 0 Å². The lowest BCUT2D eigenvalue weighted by atomic mass is 9.96. The topological polar surface area (TPSA) is 46.2 Å². The van der Waals surface area contributed by atoms with E-state index in [0.29, 0.717) is 12.5 Å². The fourth-order valence-corrected chi connectivity index (χ4v) is 1.30. The molecule has 0 aliphatic carbocycles. The molecular formula is C10H15NO. The maximum absolute atomic E-state index is 8.77. The monoisotopic (exact) mass is 165 g/mol. The van der Waals surface area contributed by atoms with Crippen LogP contribution in [0.25, 0.3) is 0 Å². The van der Waals surface area contributed by atoms with E-state index < -0.39 is 0 Å². The van der Waals surface area contributed by atoms with Crippen LogP contribution in [-0.4, -0.2) is 18.3 Å². The van der Waals surface area contributed by atoms with E-state index in [1.165, 1.54) is 5.56 Å². The third-order valence-electron chi connectivity index (χ3n) is 2.03. The summed E-state index contributed by atoms with van der Waals surface area (Å²) in [6.07, 6.45) is 0.751. The van der Waals surface area contributed by atoms with Gasteiger partial charge in [0.15, 0.2) is 0 Å². The SMILES string of the molecule is NC[C@H](CCO)c1ccccc1. The van der Waals surface area contributed by atoms with E-state index in [9.17, 15) is 0 Å². The molecule has 0 radical (unpaired) electrons. The van der Waals surface area contributed by atoms with E-state index in [-0.39, 0.29) is 6.61 Å². The van der Waals surface area contributed by atoms with E-state index in [2.05, 4.69) is 0 Å². The third-order valence-corrected chi connectivity index (χ3v) is 2.03. The predicted molar refractivity (Wildman–Crippen MR) is 49.9 cm³/mol. The number of hydrogen-bond acceptors (Lipinski definition) is 2. The van der Waals surface area contributed by atoms with Gasteiger partial charge in [-0.2, -0.15) is 0 Å². The van der Waals surface area contributed by atoms with E-state index in [4.69, 9.17) is 10.8 Å². The number of benzene rings is 1. The standard InChI is InChI=1S/C10H15NO/c11-8-10(6-7-12)9-4-2-1-3-5-9/h1-5,10,12H,6-8,11H2/t10-/m0/s1. The first-order valence-corrected chi connectivity index (χ1v) is 4.24. The Morgan fingerprint density at radius 1 is 1.25 bits per heavy atom. The van der Waals surface area contributed by atoms with Crippen LogP contribution in [0.5, 0.6) is 0 Å². The van der Waals surface area contributed by atoms with Crippen molar-refractivity contribution in [3.63, 3.8) is 0 Å². The minimum absolute atomic E-state index is 0.205. The van der Waals surface area contributed by atoms with Gasteiger partial charge in [0.1, 0.15) is 0 Å². The first-order chi connectivity index (χ1) is 5.88. The summed E-state index contributed by atoms with van der Waals surface area (Å²) in [5, 5.41) is 8.77. The zero-order chi connectivity index (χ0) is 8.81. The average Bonchev–Trinajstić information content (AvgIpc) is 2.15. The molecule has 0 unspecified atom stereocenters. The van der Waals surface area contributed by atoms with Crippen molar-refractivity contribution in [1.82, 2.24) is 0 Å². The number of aliphatic hydroxyl groups is 1. The second kappa shape index (κ2) is 4.91. The molecule has 1 aromatic carbocycles. The minimum Gasteiger partial charge on any atom is -0.396 e. The van der Waals surface area contributed by atoms with Crippen LogP contribution in [-0.2, 0) is 0 Å². The van der Waals surface area contributed by atoms with Crippen molar-refractivity contribution in [2.75, 3.05) is 13.2 Å². The molecule has 0 heterocycles. The molecule has 2 heteroatoms. The van der Waals surface area contributed by atoms with Gasteiger partial charge in [-0.1, -0.05) is 30.3 Å². The van der Waals surface area contributed by atoms with Crippen LogP contribution in [0.2, 0.25) is 0 Å². The van der Waals surface area contributed by atoms with Crippen molar-refractivity contribution in [3.05, 3.63) is 35.9 Å². The molecule has 66 valence electrons. The first kappa shape index (κ1) is 9.23. The van der Waals surface area contributed by atoms with Gasteiger partial charge in [-0.15, -0.1) is 0 Å². The average molecular weight is 165 g/mol. The largest absolute Gasteiger partial charge is 0.396 e. The number of nitrogens with two attached hydrogens (primary N) is 1. The highest BCUT2D eigenvalue weighted by atomic mass is 16.3. The van der Waals surface area contributed by atoms with E-state index in [1.54, 1.807) is 0 Å². The molecule has 1 aromatic rings. The van der Waals surface area contributed by atoms with Crippen molar-refractivity contribution >= 4 is 0 Å². The molecule has 0 fully saturated rings. The molecule has 3 N–H and O–H groups in total. The van der Waals surface area contributed by atoms with E-state index in [0.717, 1.165) is 6.42 Å². The van der Waals surface area contributed by atoms with Gasteiger partial charge in [0.25, 0.3) is 0 Å². The summed E-state index contributed by atoms with van der Waals surface area (Å²) >= 11 is 0. The second-order valence-corrected chi connectivity index (χ2v) is 2.86. The van der Waals surface area contributed by atoms with Gasteiger partial charge in [-0.3, -0.25) is 0 Å². The Morgan fingerprint density at radius 2 is 1.92 bits per heavy atom. The van der Waals surface area contributed by atoms with Gasteiger partial charge >= 0.3 is 0 Å². The van der Waals surface area contributed by atoms with Crippen LogP contribution in [0.4, 0.5) is 0 Å². The fraction of sp³-hybridized carbons (Fsp3) is 0.400. The van der Waals surface area contributed by atoms with Crippen molar-refractivity contribution in [2.24, 2.45) is 5.73 Å². The molecule has 0 bridgehead atoms. The lowest BCUT2D eigenvalue weighted by Gasteiger charge is -2.12. The Hall–Kier alpha value is -0.860. The molecule has 0 aliphatic rings. The summed E-state index contributed by atoms with van der Waals surface area (Å²) in [6.45, 7) is 0.807. The third kappa shape index (κ3) is 2.32. The number of rotatable bonds is 4. The number of hydrogen-bond donors (Lipinski definition) is 2. The summed E-state index contributed by atoms with van der Waals surface area (Å²) in [7, 11) is 0. The van der Waals surface area contributed by atoms with Crippen LogP contribution in [0.1, 0.15) is 17.9 Å². The fourth-order valence-electron chi connectivity index (χ4n) is 1.30. The van der Waals surface area contributed by atoms with Crippen LogP contribution in [0, 0.1) is 0 Å². The molecule has 0 aliphatic heterocycles. The van der Waals surface area contributed by atoms with Gasteiger partial charge in [-0.05, 0) is 24.4 Å². The Bertz CT molecular complexity index is 210. The number of aliphatic hydroxyl groups excluding tert-OH is 1. The normalized spacial score (nSPS) is 12.8. The van der Waals surface area contributed by atoms with Gasteiger partial charge in [0, 0.05) is 6.61 Å². The summed E-state index contributed by atoms with van der Waals surface area (Å²) in [5.74, 6) is 0.302. The Balaban J connectivity index is 2.66. The molecule has 0 saturated carbocycles. The molecule has 1 rings (SSSR count). The Morgan fingerprint density at radius 3 is 2.42 bits per heavy atom. The lowest BCUT2D eigenvalue weighted by molar-refractivity contribution is 0.276. The first-order valence-electron chi connectivity index (χ1n) is 4.24. The van der Waals surface area contributed by atoms with E-state index in [1.807, 2.05) is 30.3 Å². The van der Waals surface area contributed by atoms with Crippen molar-refractivity contribution in [2.45, 2.75) is 12.3 Å². The maximum atomic E-state index is 8.77. The van der Waals surface area contributed by atoms with Crippen LogP contribution in [0.15, 0.2) is 30.3 Å². The Kier molecular flexibility index (Phi) is 3.77. The summed E-state index contributed by atoms with van der Waals surface area (Å²) in [4.78, 5) is 0. The maximum Gasteiger partial charge on any atom is 0.0437 e. The molecule has 12 heavy (non-hydrogen) atoms. The molecule has 0 amide bonds. The summed E-state index contributed by atoms with van der Waals surface area (Å²) in [5.41, 5.74) is 6.80. The Labute approximate surface area is 73.0 Å². The molecule has 0 aromatic heterocycles. The zero-order valence-electron chi connectivity index (χ0n) is 7.11. The molecule has 1 atom stereocenters. The van der Waals surface area contributed by atoms with Gasteiger partial charge in [-0.25, -0.2) is 0 Å². The summed E-state index contributed by atoms with van der Waals surface area (Å²) < 4.78 is 0. The van der Waals surface area contributed by atoms with E-state index >= 15 is 0 Å². The molecule has 0 saturated heterocycles. The van der Waals surface area contributed by atoms with Crippen LogP contribution in [0.3, 0.4) is 0 Å². The minimum atomic E-state index is 0.205. The van der Waals surface area contributed by atoms with Crippen molar-refractivity contribution in [1.29, 1.82) is 0 Å². The highest BCUT2D eigenvalue weighted by Gasteiger charge is 2.06.